The highest BCUT2D eigenvalue weighted by atomic mass is 16.5. The molecule has 0 spiro atoms. The molecule has 2 unspecified atom stereocenters. The average Bonchev–Trinajstić information content (AvgIpc) is 2.46. The van der Waals surface area contributed by atoms with Crippen LogP contribution in [0.1, 0.15) is 24.9 Å². The zero-order valence-corrected chi connectivity index (χ0v) is 12.7. The third-order valence-electron chi connectivity index (χ3n) is 3.24. The van der Waals surface area contributed by atoms with Gasteiger partial charge in [-0.1, -0.05) is 6.07 Å². The van der Waals surface area contributed by atoms with Crippen LogP contribution in [-0.4, -0.2) is 45.7 Å². The molecule has 0 amide bonds. The highest BCUT2D eigenvalue weighted by Crippen LogP contribution is 2.29. The topological polar surface area (TPSA) is 60.0 Å². The highest BCUT2D eigenvalue weighted by Gasteiger charge is 2.16. The van der Waals surface area contributed by atoms with E-state index < -0.39 is 0 Å². The van der Waals surface area contributed by atoms with Gasteiger partial charge in [-0.15, -0.1) is 0 Å². The first kappa shape index (κ1) is 16.8. The number of nitrogens with one attached hydrogen (secondary N) is 1. The minimum Gasteiger partial charge on any atom is -0.497 e. The molecule has 2 N–H and O–H groups in total. The quantitative estimate of drug-likeness (QED) is 0.723. The van der Waals surface area contributed by atoms with Crippen LogP contribution in [0.4, 0.5) is 0 Å². The Balaban J connectivity index is 2.81. The molecule has 2 atom stereocenters. The lowest BCUT2D eigenvalue weighted by Crippen LogP contribution is -2.36. The minimum atomic E-state index is 0.0857. The van der Waals surface area contributed by atoms with E-state index in [9.17, 15) is 0 Å². The van der Waals surface area contributed by atoms with E-state index in [0.717, 1.165) is 17.1 Å². The number of methoxy groups -OCH3 is 3. The van der Waals surface area contributed by atoms with Crippen molar-refractivity contribution in [3.05, 3.63) is 23.8 Å². The fourth-order valence-electron chi connectivity index (χ4n) is 2.19. The maximum atomic E-state index is 9.08. The molecule has 1 aromatic carbocycles. The molecular weight excluding hydrogens is 258 g/mol. The van der Waals surface area contributed by atoms with Crippen molar-refractivity contribution in [2.24, 2.45) is 0 Å². The van der Waals surface area contributed by atoms with Crippen LogP contribution in [0.25, 0.3) is 0 Å². The van der Waals surface area contributed by atoms with E-state index in [-0.39, 0.29) is 18.7 Å². The maximum Gasteiger partial charge on any atom is 0.127 e. The number of rotatable bonds is 9. The number of aliphatic hydroxyl groups excluding tert-OH is 1. The second kappa shape index (κ2) is 8.79. The van der Waals surface area contributed by atoms with Crippen LogP contribution >= 0.6 is 0 Å². The van der Waals surface area contributed by atoms with Crippen molar-refractivity contribution >= 4 is 0 Å². The third kappa shape index (κ3) is 4.67. The summed E-state index contributed by atoms with van der Waals surface area (Å²) in [6.45, 7) is 2.75. The molecule has 114 valence electrons. The summed E-state index contributed by atoms with van der Waals surface area (Å²) in [6.07, 6.45) is 0.649. The van der Waals surface area contributed by atoms with Gasteiger partial charge >= 0.3 is 0 Å². The fourth-order valence-corrected chi connectivity index (χ4v) is 2.19. The van der Waals surface area contributed by atoms with Crippen molar-refractivity contribution in [1.82, 2.24) is 5.32 Å². The lowest BCUT2D eigenvalue weighted by atomic mass is 10.0. The number of aliphatic hydroxyl groups is 1. The van der Waals surface area contributed by atoms with Gasteiger partial charge in [0.25, 0.3) is 0 Å². The molecule has 0 saturated carbocycles. The SMILES string of the molecule is COCC(CCO)NC(C)c1ccc(OC)cc1OC. The van der Waals surface area contributed by atoms with Crippen molar-refractivity contribution in [2.45, 2.75) is 25.4 Å². The van der Waals surface area contributed by atoms with Gasteiger partial charge in [0.15, 0.2) is 0 Å². The maximum absolute atomic E-state index is 9.08. The summed E-state index contributed by atoms with van der Waals surface area (Å²) in [4.78, 5) is 0. The first-order valence-electron chi connectivity index (χ1n) is 6.74. The van der Waals surface area contributed by atoms with Crippen LogP contribution in [0.5, 0.6) is 11.5 Å². The summed E-state index contributed by atoms with van der Waals surface area (Å²) in [5.41, 5.74) is 1.05. The van der Waals surface area contributed by atoms with E-state index in [1.807, 2.05) is 18.2 Å². The second-order valence-corrected chi connectivity index (χ2v) is 4.66. The lowest BCUT2D eigenvalue weighted by Gasteiger charge is -2.24. The molecule has 0 radical (unpaired) electrons. The predicted molar refractivity (Wildman–Crippen MR) is 78.5 cm³/mol. The normalized spacial score (nSPS) is 13.8. The number of hydrogen-bond donors (Lipinski definition) is 2. The van der Waals surface area contributed by atoms with Gasteiger partial charge in [0.1, 0.15) is 11.5 Å². The first-order chi connectivity index (χ1) is 9.65. The smallest absolute Gasteiger partial charge is 0.127 e. The summed E-state index contributed by atoms with van der Waals surface area (Å²) in [6, 6.07) is 5.95. The Morgan fingerprint density at radius 1 is 1.20 bits per heavy atom. The van der Waals surface area contributed by atoms with Crippen LogP contribution in [0.2, 0.25) is 0 Å². The molecule has 20 heavy (non-hydrogen) atoms. The van der Waals surface area contributed by atoms with E-state index in [0.29, 0.717) is 13.0 Å². The van der Waals surface area contributed by atoms with Gasteiger partial charge in [-0.3, -0.25) is 0 Å². The number of ether oxygens (including phenoxy) is 3. The van der Waals surface area contributed by atoms with Gasteiger partial charge in [-0.2, -0.15) is 0 Å². The van der Waals surface area contributed by atoms with Crippen molar-refractivity contribution in [3.63, 3.8) is 0 Å². The highest BCUT2D eigenvalue weighted by molar-refractivity contribution is 5.42. The Kier molecular flexibility index (Phi) is 7.36. The Bertz CT molecular complexity index is 391. The second-order valence-electron chi connectivity index (χ2n) is 4.66. The minimum absolute atomic E-state index is 0.0857. The lowest BCUT2D eigenvalue weighted by molar-refractivity contribution is 0.143. The van der Waals surface area contributed by atoms with Gasteiger partial charge in [-0.25, -0.2) is 0 Å². The molecule has 1 aromatic rings. The standard InChI is InChI=1S/C15H25NO4/c1-11(16-12(7-8-17)10-18-2)14-6-5-13(19-3)9-15(14)20-4/h5-6,9,11-12,16-17H,7-8,10H2,1-4H3. The molecular formula is C15H25NO4. The zero-order chi connectivity index (χ0) is 15.0. The molecule has 5 nitrogen and oxygen atoms in total. The predicted octanol–water partition coefficient (Wildman–Crippen LogP) is 1.75. The Hall–Kier alpha value is -1.30. The van der Waals surface area contributed by atoms with Gasteiger partial charge in [0, 0.05) is 37.4 Å². The van der Waals surface area contributed by atoms with Crippen LogP contribution in [0.3, 0.4) is 0 Å². The third-order valence-corrected chi connectivity index (χ3v) is 3.24. The van der Waals surface area contributed by atoms with Gasteiger partial charge in [0.05, 0.1) is 20.8 Å². The number of hydrogen-bond acceptors (Lipinski definition) is 5. The molecule has 0 fully saturated rings. The molecule has 0 aromatic heterocycles. The Morgan fingerprint density at radius 3 is 2.50 bits per heavy atom. The molecule has 0 heterocycles. The summed E-state index contributed by atoms with van der Waals surface area (Å²) in [5.74, 6) is 1.55. The molecule has 1 rings (SSSR count). The van der Waals surface area contributed by atoms with E-state index in [1.165, 1.54) is 0 Å². The van der Waals surface area contributed by atoms with Crippen molar-refractivity contribution in [2.75, 3.05) is 34.5 Å². The van der Waals surface area contributed by atoms with Crippen molar-refractivity contribution < 1.29 is 19.3 Å². The summed E-state index contributed by atoms with van der Waals surface area (Å²) in [5, 5.41) is 12.5. The van der Waals surface area contributed by atoms with Crippen LogP contribution in [0.15, 0.2) is 18.2 Å². The Morgan fingerprint density at radius 2 is 1.95 bits per heavy atom. The fraction of sp³-hybridized carbons (Fsp3) is 0.600. The van der Waals surface area contributed by atoms with E-state index in [4.69, 9.17) is 19.3 Å². The largest absolute Gasteiger partial charge is 0.497 e. The molecule has 0 aliphatic heterocycles. The van der Waals surface area contributed by atoms with Crippen LogP contribution < -0.4 is 14.8 Å². The van der Waals surface area contributed by atoms with E-state index in [2.05, 4.69) is 12.2 Å². The van der Waals surface area contributed by atoms with Crippen molar-refractivity contribution in [3.8, 4) is 11.5 Å². The Labute approximate surface area is 120 Å². The van der Waals surface area contributed by atoms with Crippen LogP contribution in [-0.2, 0) is 4.74 Å². The summed E-state index contributed by atoms with van der Waals surface area (Å²) < 4.78 is 15.8. The van der Waals surface area contributed by atoms with Gasteiger partial charge < -0.3 is 24.6 Å². The summed E-state index contributed by atoms with van der Waals surface area (Å²) >= 11 is 0. The van der Waals surface area contributed by atoms with Gasteiger partial charge in [0.2, 0.25) is 0 Å². The average molecular weight is 283 g/mol. The monoisotopic (exact) mass is 283 g/mol. The molecule has 0 saturated heterocycles. The van der Waals surface area contributed by atoms with Crippen molar-refractivity contribution in [1.29, 1.82) is 0 Å². The number of benzene rings is 1. The summed E-state index contributed by atoms with van der Waals surface area (Å²) in [7, 11) is 4.93. The van der Waals surface area contributed by atoms with Crippen LogP contribution in [0, 0.1) is 0 Å². The molecule has 5 heteroatoms. The molecule has 0 bridgehead atoms. The van der Waals surface area contributed by atoms with E-state index >= 15 is 0 Å². The first-order valence-corrected chi connectivity index (χ1v) is 6.74. The van der Waals surface area contributed by atoms with E-state index in [1.54, 1.807) is 21.3 Å². The zero-order valence-electron chi connectivity index (χ0n) is 12.7. The molecule has 0 aliphatic rings. The van der Waals surface area contributed by atoms with Gasteiger partial charge in [-0.05, 0) is 19.4 Å². The molecule has 0 aliphatic carbocycles.